The number of nitrogens with zero attached hydrogens (tertiary/aromatic N) is 1. The topological polar surface area (TPSA) is 113 Å². The van der Waals surface area contributed by atoms with Gasteiger partial charge in [-0.3, -0.25) is 14.9 Å². The number of fused-ring (bicyclic) bond motifs is 1. The van der Waals surface area contributed by atoms with Crippen molar-refractivity contribution in [2.45, 2.75) is 51.4 Å². The molecule has 2 aromatic carbocycles. The largest absolute Gasteiger partial charge is 0.490 e. The maximum Gasteiger partial charge on any atom is 0.490 e. The highest BCUT2D eigenvalue weighted by atomic mass is 19.4. The highest BCUT2D eigenvalue weighted by molar-refractivity contribution is 6.02. The predicted molar refractivity (Wildman–Crippen MR) is 135 cm³/mol. The van der Waals surface area contributed by atoms with Crippen molar-refractivity contribution in [1.82, 2.24) is 5.32 Å². The predicted octanol–water partition coefficient (Wildman–Crippen LogP) is 3.87. The lowest BCUT2D eigenvalue weighted by Crippen LogP contribution is -2.49. The van der Waals surface area contributed by atoms with Crippen LogP contribution in [0.25, 0.3) is 0 Å². The van der Waals surface area contributed by atoms with Crippen molar-refractivity contribution in [2.75, 3.05) is 11.4 Å². The van der Waals surface area contributed by atoms with Gasteiger partial charge in [0.2, 0.25) is 5.91 Å². The van der Waals surface area contributed by atoms with Crippen molar-refractivity contribution in [3.8, 4) is 0 Å². The summed E-state index contributed by atoms with van der Waals surface area (Å²) in [5, 5.41) is 10.5. The molecule has 1 aliphatic rings. The molecule has 0 aromatic heterocycles. The number of carboxylic acid groups (broad SMARTS) is 1. The van der Waals surface area contributed by atoms with Crippen molar-refractivity contribution >= 4 is 23.5 Å². The summed E-state index contributed by atoms with van der Waals surface area (Å²) < 4.78 is 31.7. The number of anilines is 1. The third-order valence-electron chi connectivity index (χ3n) is 5.82. The number of benzene rings is 2. The molecule has 1 heterocycles. The average Bonchev–Trinajstić information content (AvgIpc) is 3.27. The molecule has 0 saturated carbocycles. The Labute approximate surface area is 214 Å². The number of hydrogen-bond donors (Lipinski definition) is 3. The van der Waals surface area contributed by atoms with Gasteiger partial charge in [0.15, 0.2) is 0 Å². The van der Waals surface area contributed by atoms with Crippen LogP contribution in [-0.4, -0.2) is 47.7 Å². The Morgan fingerprint density at radius 1 is 1.08 bits per heavy atom. The monoisotopic (exact) mass is 519 g/mol. The number of primary amides is 1. The molecule has 0 aliphatic carbocycles. The molecule has 4 N–H and O–H groups in total. The van der Waals surface area contributed by atoms with Crippen LogP contribution in [0.3, 0.4) is 0 Å². The van der Waals surface area contributed by atoms with E-state index in [2.05, 4.69) is 23.5 Å². The highest BCUT2D eigenvalue weighted by Crippen LogP contribution is 2.27. The highest BCUT2D eigenvalue weighted by Gasteiger charge is 2.38. The number of nitrogens with one attached hydrogen (secondary N) is 1. The van der Waals surface area contributed by atoms with Crippen LogP contribution in [0.15, 0.2) is 66.7 Å². The maximum atomic E-state index is 12.9. The second-order valence-electron chi connectivity index (χ2n) is 8.95. The first-order chi connectivity index (χ1) is 17.4. The van der Waals surface area contributed by atoms with Gasteiger partial charge in [-0.25, -0.2) is 4.79 Å². The SMILES string of the molecule is CC(C)[C@H](N[C@H](/C=C/C(=O)N1CCc2ccccc21)CCc1ccccc1)C(N)=O.O=C(O)C(F)(F)F. The Hall–Kier alpha value is -3.66. The molecule has 0 unspecified atom stereocenters. The van der Waals surface area contributed by atoms with Crippen LogP contribution < -0.4 is 16.0 Å². The van der Waals surface area contributed by atoms with Crippen molar-refractivity contribution in [1.29, 1.82) is 0 Å². The van der Waals surface area contributed by atoms with Crippen molar-refractivity contribution < 1.29 is 32.7 Å². The zero-order valence-electron chi connectivity index (χ0n) is 20.7. The average molecular weight is 520 g/mol. The number of aryl methyl sites for hydroxylation is 1. The Kier molecular flexibility index (Phi) is 10.9. The summed E-state index contributed by atoms with van der Waals surface area (Å²) in [4.78, 5) is 35.5. The molecule has 7 nitrogen and oxygen atoms in total. The number of carbonyl (C=O) groups excluding carboxylic acids is 2. The standard InChI is InChI=1S/C25H31N3O2.C2HF3O2/c1-18(2)24(25(26)30)27-21(13-12-19-8-4-3-5-9-19)14-15-23(29)28-17-16-20-10-6-7-11-22(20)28;3-2(4,5)1(6)7/h3-11,14-15,18,21,24,27H,12-13,16-17H2,1-2H3,(H2,26,30);(H,6,7)/b15-14+;/t21-,24-;/m0./s1. The van der Waals surface area contributed by atoms with Crippen molar-refractivity contribution in [3.05, 3.63) is 77.9 Å². The fourth-order valence-electron chi connectivity index (χ4n) is 3.89. The van der Waals surface area contributed by atoms with Crippen LogP contribution in [0.4, 0.5) is 18.9 Å². The quantitative estimate of drug-likeness (QED) is 0.436. The Balaban J connectivity index is 0.000000604. The summed E-state index contributed by atoms with van der Waals surface area (Å²) in [7, 11) is 0. The molecule has 0 bridgehead atoms. The molecule has 0 radical (unpaired) electrons. The van der Waals surface area contributed by atoms with E-state index in [9.17, 15) is 22.8 Å². The fourth-order valence-corrected chi connectivity index (χ4v) is 3.89. The van der Waals surface area contributed by atoms with Crippen LogP contribution in [0.5, 0.6) is 0 Å². The van der Waals surface area contributed by atoms with E-state index in [0.29, 0.717) is 6.54 Å². The first kappa shape index (κ1) is 29.6. The van der Waals surface area contributed by atoms with Gasteiger partial charge in [0.05, 0.1) is 6.04 Å². The Morgan fingerprint density at radius 3 is 2.24 bits per heavy atom. The van der Waals surface area contributed by atoms with Gasteiger partial charge in [-0.05, 0) is 42.4 Å². The van der Waals surface area contributed by atoms with E-state index >= 15 is 0 Å². The summed E-state index contributed by atoms with van der Waals surface area (Å²) in [6.45, 7) is 4.62. The second-order valence-corrected chi connectivity index (χ2v) is 8.95. The minimum Gasteiger partial charge on any atom is -0.475 e. The van der Waals surface area contributed by atoms with E-state index in [1.807, 2.05) is 61.2 Å². The Morgan fingerprint density at radius 2 is 1.68 bits per heavy atom. The number of carbonyl (C=O) groups is 3. The molecule has 37 heavy (non-hydrogen) atoms. The molecule has 3 rings (SSSR count). The normalized spacial score (nSPS) is 14.6. The molecule has 1 aliphatic heterocycles. The second kappa shape index (κ2) is 13.6. The lowest BCUT2D eigenvalue weighted by molar-refractivity contribution is -0.192. The van der Waals surface area contributed by atoms with Gasteiger partial charge < -0.3 is 15.7 Å². The van der Waals surface area contributed by atoms with Gasteiger partial charge >= 0.3 is 12.1 Å². The number of nitrogens with two attached hydrogens (primary N) is 1. The van der Waals surface area contributed by atoms with Gasteiger partial charge in [-0.15, -0.1) is 0 Å². The number of amides is 2. The molecule has 0 saturated heterocycles. The van der Waals surface area contributed by atoms with E-state index in [-0.39, 0.29) is 23.8 Å². The first-order valence-corrected chi connectivity index (χ1v) is 11.9. The number of rotatable bonds is 9. The van der Waals surface area contributed by atoms with Crippen LogP contribution in [0, 0.1) is 5.92 Å². The summed E-state index contributed by atoms with van der Waals surface area (Å²) in [6.07, 6.45) is 0.907. The molecular formula is C27H32F3N3O4. The summed E-state index contributed by atoms with van der Waals surface area (Å²) >= 11 is 0. The van der Waals surface area contributed by atoms with Gasteiger partial charge in [-0.1, -0.05) is 68.5 Å². The Bertz CT molecular complexity index is 1090. The maximum absolute atomic E-state index is 12.9. The van der Waals surface area contributed by atoms with E-state index in [1.54, 1.807) is 6.08 Å². The van der Waals surface area contributed by atoms with E-state index in [1.165, 1.54) is 11.1 Å². The molecule has 2 atom stereocenters. The van der Waals surface area contributed by atoms with Gasteiger partial charge in [-0.2, -0.15) is 13.2 Å². The fraction of sp³-hybridized carbons (Fsp3) is 0.370. The number of aliphatic carboxylic acids is 1. The summed E-state index contributed by atoms with van der Waals surface area (Å²) in [5.41, 5.74) is 9.01. The van der Waals surface area contributed by atoms with E-state index < -0.39 is 18.2 Å². The van der Waals surface area contributed by atoms with Gasteiger partial charge in [0.1, 0.15) is 0 Å². The van der Waals surface area contributed by atoms with Crippen LogP contribution in [0.2, 0.25) is 0 Å². The van der Waals surface area contributed by atoms with Crippen molar-refractivity contribution in [2.24, 2.45) is 11.7 Å². The minimum absolute atomic E-state index is 0.0355. The summed E-state index contributed by atoms with van der Waals surface area (Å²) in [6, 6.07) is 17.6. The van der Waals surface area contributed by atoms with E-state index in [4.69, 9.17) is 15.6 Å². The van der Waals surface area contributed by atoms with Gasteiger partial charge in [0.25, 0.3) is 5.91 Å². The number of carboxylic acids is 1. The molecule has 2 amide bonds. The van der Waals surface area contributed by atoms with E-state index in [0.717, 1.165) is 24.9 Å². The van der Waals surface area contributed by atoms with Crippen LogP contribution >= 0.6 is 0 Å². The third-order valence-corrected chi connectivity index (χ3v) is 5.82. The lowest BCUT2D eigenvalue weighted by Gasteiger charge is -2.25. The molecule has 0 fully saturated rings. The summed E-state index contributed by atoms with van der Waals surface area (Å²) in [5.74, 6) is -3.10. The lowest BCUT2D eigenvalue weighted by atomic mass is 9.99. The molecule has 200 valence electrons. The van der Waals surface area contributed by atoms with Crippen molar-refractivity contribution in [3.63, 3.8) is 0 Å². The smallest absolute Gasteiger partial charge is 0.475 e. The molecular weight excluding hydrogens is 487 g/mol. The number of halogens is 3. The molecule has 2 aromatic rings. The van der Waals surface area contributed by atoms with Crippen LogP contribution in [0.1, 0.15) is 31.4 Å². The molecule has 10 heteroatoms. The van der Waals surface area contributed by atoms with Crippen LogP contribution in [-0.2, 0) is 27.2 Å². The number of hydrogen-bond acceptors (Lipinski definition) is 4. The zero-order valence-corrected chi connectivity index (χ0v) is 20.7. The minimum atomic E-state index is -5.08. The number of para-hydroxylation sites is 1. The number of alkyl halides is 3. The zero-order chi connectivity index (χ0) is 27.6. The first-order valence-electron chi connectivity index (χ1n) is 11.9. The third kappa shape index (κ3) is 9.38. The molecule has 0 spiro atoms. The van der Waals surface area contributed by atoms with Gasteiger partial charge in [0, 0.05) is 24.4 Å².